The van der Waals surface area contributed by atoms with Crippen LogP contribution in [0.3, 0.4) is 0 Å². The number of nitrogens with two attached hydrogens (primary N) is 1. The van der Waals surface area contributed by atoms with Crippen molar-refractivity contribution in [2.45, 2.75) is 33.2 Å². The van der Waals surface area contributed by atoms with E-state index >= 15 is 0 Å². The molecule has 0 radical (unpaired) electrons. The zero-order chi connectivity index (χ0) is 12.3. The number of hydrogen-bond donors (Lipinski definition) is 2. The van der Waals surface area contributed by atoms with Crippen molar-refractivity contribution in [2.24, 2.45) is 11.7 Å². The highest BCUT2D eigenvalue weighted by molar-refractivity contribution is 7.12. The molecule has 3 nitrogen and oxygen atoms in total. The molecule has 90 valence electrons. The topological polar surface area (TPSA) is 55.1 Å². The third-order valence-electron chi connectivity index (χ3n) is 3.17. The van der Waals surface area contributed by atoms with Gasteiger partial charge in [0.05, 0.1) is 10.4 Å². The Kier molecular flexibility index (Phi) is 4.10. The van der Waals surface area contributed by atoms with E-state index in [2.05, 4.69) is 19.2 Å². The van der Waals surface area contributed by atoms with Crippen molar-refractivity contribution in [3.63, 3.8) is 0 Å². The van der Waals surface area contributed by atoms with Crippen molar-refractivity contribution in [2.75, 3.05) is 6.54 Å². The van der Waals surface area contributed by atoms with Gasteiger partial charge in [-0.3, -0.25) is 4.79 Å². The summed E-state index contributed by atoms with van der Waals surface area (Å²) < 4.78 is 0. The normalized spacial score (nSPS) is 14.9. The molecule has 0 bridgehead atoms. The van der Waals surface area contributed by atoms with Gasteiger partial charge in [0.2, 0.25) is 0 Å². The molecule has 0 fully saturated rings. The summed E-state index contributed by atoms with van der Waals surface area (Å²) in [6.07, 6.45) is 0. The third-order valence-corrected chi connectivity index (χ3v) is 4.18. The van der Waals surface area contributed by atoms with Gasteiger partial charge in [0.1, 0.15) is 0 Å². The summed E-state index contributed by atoms with van der Waals surface area (Å²) in [5.41, 5.74) is 6.42. The van der Waals surface area contributed by atoms with Crippen molar-refractivity contribution >= 4 is 17.2 Å². The number of thiophene rings is 1. The molecule has 1 amide bonds. The Bertz CT molecular complexity index is 373. The van der Waals surface area contributed by atoms with Gasteiger partial charge in [0.15, 0.2) is 0 Å². The van der Waals surface area contributed by atoms with Gasteiger partial charge in [-0.25, -0.2) is 0 Å². The van der Waals surface area contributed by atoms with Crippen LogP contribution in [0.2, 0.25) is 0 Å². The molecule has 0 saturated heterocycles. The molecule has 1 atom stereocenters. The maximum Gasteiger partial charge on any atom is 0.262 e. The molecule has 1 rings (SSSR count). The maximum atomic E-state index is 12.0. The van der Waals surface area contributed by atoms with Gasteiger partial charge in [-0.1, -0.05) is 13.8 Å². The fourth-order valence-corrected chi connectivity index (χ4v) is 2.17. The van der Waals surface area contributed by atoms with Crippen LogP contribution in [0.5, 0.6) is 0 Å². The summed E-state index contributed by atoms with van der Waals surface area (Å²) in [7, 11) is 0. The second-order valence-electron chi connectivity index (χ2n) is 4.66. The fraction of sp³-hybridized carbons (Fsp3) is 0.583. The molecule has 0 aliphatic heterocycles. The van der Waals surface area contributed by atoms with Gasteiger partial charge >= 0.3 is 0 Å². The Morgan fingerprint density at radius 1 is 1.62 bits per heavy atom. The standard InChI is InChI=1S/C12H20N2OS/c1-8(2)12(4,7-13)14-11(15)10-9(3)5-6-16-10/h5-6,8H,7,13H2,1-4H3,(H,14,15). The Balaban J connectivity index is 2.82. The summed E-state index contributed by atoms with van der Waals surface area (Å²) in [6, 6.07) is 1.95. The summed E-state index contributed by atoms with van der Waals surface area (Å²) in [5.74, 6) is 0.288. The first kappa shape index (κ1) is 13.2. The van der Waals surface area contributed by atoms with Gasteiger partial charge in [-0.15, -0.1) is 11.3 Å². The van der Waals surface area contributed by atoms with Crippen LogP contribution in [-0.2, 0) is 0 Å². The minimum atomic E-state index is -0.340. The Hall–Kier alpha value is -0.870. The monoisotopic (exact) mass is 240 g/mol. The molecule has 4 heteroatoms. The zero-order valence-corrected chi connectivity index (χ0v) is 11.1. The Labute approximate surface area is 101 Å². The van der Waals surface area contributed by atoms with Crippen molar-refractivity contribution in [3.8, 4) is 0 Å². The van der Waals surface area contributed by atoms with Crippen LogP contribution in [0.25, 0.3) is 0 Å². The fourth-order valence-electron chi connectivity index (χ4n) is 1.35. The molecule has 0 aliphatic carbocycles. The van der Waals surface area contributed by atoms with Crippen LogP contribution >= 0.6 is 11.3 Å². The van der Waals surface area contributed by atoms with Crippen LogP contribution in [-0.4, -0.2) is 18.0 Å². The van der Waals surface area contributed by atoms with E-state index in [1.807, 2.05) is 25.3 Å². The summed E-state index contributed by atoms with van der Waals surface area (Å²) in [6.45, 7) is 8.50. The lowest BCUT2D eigenvalue weighted by atomic mass is 9.88. The van der Waals surface area contributed by atoms with E-state index in [1.165, 1.54) is 11.3 Å². The minimum absolute atomic E-state index is 0.0193. The van der Waals surface area contributed by atoms with Crippen molar-refractivity contribution in [1.82, 2.24) is 5.32 Å². The molecule has 1 unspecified atom stereocenters. The van der Waals surface area contributed by atoms with Crippen molar-refractivity contribution in [3.05, 3.63) is 21.9 Å². The molecule has 3 N–H and O–H groups in total. The van der Waals surface area contributed by atoms with Gasteiger partial charge < -0.3 is 11.1 Å². The van der Waals surface area contributed by atoms with Crippen LogP contribution in [0, 0.1) is 12.8 Å². The zero-order valence-electron chi connectivity index (χ0n) is 10.3. The van der Waals surface area contributed by atoms with E-state index < -0.39 is 0 Å². The van der Waals surface area contributed by atoms with Crippen LogP contribution < -0.4 is 11.1 Å². The molecule has 1 heterocycles. The largest absolute Gasteiger partial charge is 0.345 e. The molecule has 1 aromatic rings. The first-order valence-electron chi connectivity index (χ1n) is 5.47. The van der Waals surface area contributed by atoms with E-state index in [0.717, 1.165) is 10.4 Å². The molecule has 0 aromatic carbocycles. The lowest BCUT2D eigenvalue weighted by Crippen LogP contribution is -2.54. The van der Waals surface area contributed by atoms with Crippen LogP contribution in [0.15, 0.2) is 11.4 Å². The SMILES string of the molecule is Cc1ccsc1C(=O)NC(C)(CN)C(C)C. The summed E-state index contributed by atoms with van der Waals surface area (Å²) in [5, 5.41) is 4.96. The highest BCUT2D eigenvalue weighted by Crippen LogP contribution is 2.19. The van der Waals surface area contributed by atoms with E-state index in [0.29, 0.717) is 12.5 Å². The third kappa shape index (κ3) is 2.62. The number of nitrogens with one attached hydrogen (secondary N) is 1. The average Bonchev–Trinajstić information content (AvgIpc) is 2.64. The first-order valence-corrected chi connectivity index (χ1v) is 6.35. The van der Waals surface area contributed by atoms with Gasteiger partial charge in [0, 0.05) is 6.54 Å². The van der Waals surface area contributed by atoms with Gasteiger partial charge in [-0.05, 0) is 36.8 Å². The lowest BCUT2D eigenvalue weighted by molar-refractivity contribution is 0.0887. The maximum absolute atomic E-state index is 12.0. The molecule has 0 spiro atoms. The summed E-state index contributed by atoms with van der Waals surface area (Å²) in [4.78, 5) is 12.8. The van der Waals surface area contributed by atoms with Gasteiger partial charge in [-0.2, -0.15) is 0 Å². The van der Waals surface area contributed by atoms with E-state index in [1.54, 1.807) is 0 Å². The van der Waals surface area contributed by atoms with Crippen LogP contribution in [0.4, 0.5) is 0 Å². The Morgan fingerprint density at radius 2 is 2.25 bits per heavy atom. The molecule has 0 saturated carbocycles. The van der Waals surface area contributed by atoms with E-state index in [9.17, 15) is 4.79 Å². The van der Waals surface area contributed by atoms with Crippen molar-refractivity contribution in [1.29, 1.82) is 0 Å². The number of rotatable bonds is 4. The van der Waals surface area contributed by atoms with E-state index in [4.69, 9.17) is 5.73 Å². The molecule has 16 heavy (non-hydrogen) atoms. The molecular weight excluding hydrogens is 220 g/mol. The second-order valence-corrected chi connectivity index (χ2v) is 5.58. The Morgan fingerprint density at radius 3 is 2.62 bits per heavy atom. The van der Waals surface area contributed by atoms with Crippen LogP contribution in [0.1, 0.15) is 36.0 Å². The first-order chi connectivity index (χ1) is 7.40. The number of hydrogen-bond acceptors (Lipinski definition) is 3. The highest BCUT2D eigenvalue weighted by atomic mass is 32.1. The lowest BCUT2D eigenvalue weighted by Gasteiger charge is -2.33. The smallest absolute Gasteiger partial charge is 0.262 e. The number of carbonyl (C=O) groups excluding carboxylic acids is 1. The quantitative estimate of drug-likeness (QED) is 0.847. The minimum Gasteiger partial charge on any atom is -0.345 e. The molecule has 1 aromatic heterocycles. The van der Waals surface area contributed by atoms with E-state index in [-0.39, 0.29) is 11.4 Å². The number of amides is 1. The molecular formula is C12H20N2OS. The predicted octanol–water partition coefficient (Wildman–Crippen LogP) is 2.16. The second kappa shape index (κ2) is 4.97. The predicted molar refractivity (Wildman–Crippen MR) is 68.8 cm³/mol. The number of carbonyl (C=O) groups is 1. The van der Waals surface area contributed by atoms with Crippen molar-refractivity contribution < 1.29 is 4.79 Å². The summed E-state index contributed by atoms with van der Waals surface area (Å²) >= 11 is 1.47. The highest BCUT2D eigenvalue weighted by Gasteiger charge is 2.29. The number of aryl methyl sites for hydroxylation is 1. The molecule has 0 aliphatic rings. The average molecular weight is 240 g/mol. The van der Waals surface area contributed by atoms with Gasteiger partial charge in [0.25, 0.3) is 5.91 Å².